The summed E-state index contributed by atoms with van der Waals surface area (Å²) in [7, 11) is -1.30. The lowest BCUT2D eigenvalue weighted by Gasteiger charge is -2.22. The van der Waals surface area contributed by atoms with E-state index in [1.54, 1.807) is 49.0 Å². The van der Waals surface area contributed by atoms with Crippen LogP contribution in [0, 0.1) is 6.92 Å². The van der Waals surface area contributed by atoms with Gasteiger partial charge in [-0.05, 0) is 60.3 Å². The molecule has 0 fully saturated rings. The molecule has 0 amide bonds. The molecule has 0 atom stereocenters. The topological polar surface area (TPSA) is 128 Å². The van der Waals surface area contributed by atoms with Crippen LogP contribution in [0.3, 0.4) is 0 Å². The highest BCUT2D eigenvalue weighted by atomic mass is 32.2. The number of para-hydroxylation sites is 1. The molecule has 0 radical (unpaired) electrons. The highest BCUT2D eigenvalue weighted by Crippen LogP contribution is 2.35. The SMILES string of the molecule is CCn1nnnc1-c1ccc(OC)c(S(=O)(=O)[N-]c2c(C)n(C)n(-c3ccccc3)c2=O)c1. The number of sulfonamides is 1. The van der Waals surface area contributed by atoms with Crippen LogP contribution in [0.1, 0.15) is 12.6 Å². The van der Waals surface area contributed by atoms with Crippen LogP contribution in [0.2, 0.25) is 0 Å². The van der Waals surface area contributed by atoms with Crippen molar-refractivity contribution in [2.75, 3.05) is 7.11 Å². The van der Waals surface area contributed by atoms with Crippen LogP contribution in [0.4, 0.5) is 5.69 Å². The van der Waals surface area contributed by atoms with Crippen molar-refractivity contribution in [2.45, 2.75) is 25.3 Å². The molecule has 0 saturated heterocycles. The molecule has 4 rings (SSSR count). The Labute approximate surface area is 190 Å². The predicted molar refractivity (Wildman–Crippen MR) is 121 cm³/mol. The molecular formula is C21H22N7O4S-. The molecule has 2 aromatic carbocycles. The van der Waals surface area contributed by atoms with Crippen LogP contribution >= 0.6 is 0 Å². The van der Waals surface area contributed by atoms with E-state index in [2.05, 4.69) is 20.2 Å². The lowest BCUT2D eigenvalue weighted by atomic mass is 10.2. The van der Waals surface area contributed by atoms with Gasteiger partial charge >= 0.3 is 0 Å². The Bertz CT molecular complexity index is 1470. The minimum Gasteiger partial charge on any atom is -0.567 e. The first-order valence-corrected chi connectivity index (χ1v) is 11.5. The molecule has 0 aliphatic heterocycles. The smallest absolute Gasteiger partial charge is 0.257 e. The number of benzene rings is 2. The third-order valence-electron chi connectivity index (χ3n) is 5.27. The van der Waals surface area contributed by atoms with Gasteiger partial charge in [-0.15, -0.1) is 5.10 Å². The van der Waals surface area contributed by atoms with Gasteiger partial charge in [0.15, 0.2) is 5.82 Å². The van der Waals surface area contributed by atoms with Gasteiger partial charge in [-0.2, -0.15) is 0 Å². The maximum atomic E-state index is 13.4. The van der Waals surface area contributed by atoms with Crippen molar-refractivity contribution in [3.05, 3.63) is 69.3 Å². The number of hydrogen-bond donors (Lipinski definition) is 0. The number of aromatic nitrogens is 6. The van der Waals surface area contributed by atoms with E-state index in [-0.39, 0.29) is 16.3 Å². The number of hydrogen-bond acceptors (Lipinski definition) is 7. The maximum absolute atomic E-state index is 13.4. The zero-order valence-corrected chi connectivity index (χ0v) is 19.3. The predicted octanol–water partition coefficient (Wildman–Crippen LogP) is 2.56. The summed E-state index contributed by atoms with van der Waals surface area (Å²) in [5.41, 5.74) is 0.750. The number of ether oxygens (including phenoxy) is 1. The van der Waals surface area contributed by atoms with Crippen LogP contribution in [-0.2, 0) is 23.6 Å². The first-order valence-electron chi connectivity index (χ1n) is 10.0. The molecule has 0 saturated carbocycles. The van der Waals surface area contributed by atoms with E-state index in [0.717, 1.165) is 0 Å². The molecule has 0 unspecified atom stereocenters. The molecule has 12 heteroatoms. The molecule has 0 spiro atoms. The Hall–Kier alpha value is -3.93. The third kappa shape index (κ3) is 3.89. The van der Waals surface area contributed by atoms with E-state index in [0.29, 0.717) is 29.3 Å². The second kappa shape index (κ2) is 8.54. The molecule has 0 bridgehead atoms. The van der Waals surface area contributed by atoms with Gasteiger partial charge in [0.2, 0.25) is 0 Å². The quantitative estimate of drug-likeness (QED) is 0.408. The zero-order chi connectivity index (χ0) is 23.8. The van der Waals surface area contributed by atoms with Crippen LogP contribution in [-0.4, -0.2) is 45.1 Å². The summed E-state index contributed by atoms with van der Waals surface area (Å²) in [5.74, 6) is 0.494. The van der Waals surface area contributed by atoms with Gasteiger partial charge in [-0.3, -0.25) is 9.48 Å². The van der Waals surface area contributed by atoms with Gasteiger partial charge < -0.3 is 9.46 Å². The number of rotatable bonds is 7. The summed E-state index contributed by atoms with van der Waals surface area (Å²) >= 11 is 0. The molecule has 33 heavy (non-hydrogen) atoms. The molecular weight excluding hydrogens is 446 g/mol. The fourth-order valence-corrected chi connectivity index (χ4v) is 4.70. The van der Waals surface area contributed by atoms with E-state index in [9.17, 15) is 13.2 Å². The van der Waals surface area contributed by atoms with Crippen LogP contribution in [0.15, 0.2) is 58.2 Å². The Morgan fingerprint density at radius 1 is 1.12 bits per heavy atom. The van der Waals surface area contributed by atoms with Crippen molar-refractivity contribution in [3.63, 3.8) is 0 Å². The van der Waals surface area contributed by atoms with E-state index in [1.165, 1.54) is 28.6 Å². The highest BCUT2D eigenvalue weighted by Gasteiger charge is 2.19. The van der Waals surface area contributed by atoms with Gasteiger partial charge in [0.05, 0.1) is 17.7 Å². The van der Waals surface area contributed by atoms with Gasteiger partial charge in [0.1, 0.15) is 15.8 Å². The van der Waals surface area contributed by atoms with Crippen molar-refractivity contribution >= 4 is 15.7 Å². The van der Waals surface area contributed by atoms with Gasteiger partial charge in [0.25, 0.3) is 5.56 Å². The molecule has 0 N–H and O–H groups in total. The van der Waals surface area contributed by atoms with Crippen molar-refractivity contribution in [2.24, 2.45) is 7.05 Å². The van der Waals surface area contributed by atoms with Crippen molar-refractivity contribution in [3.8, 4) is 22.8 Å². The standard InChI is InChI=1S/C21H22N7O4S/c1-5-27-20(22-24-25-27)15-11-12-17(32-4)18(13-15)33(30,31)23-19-14(2)26(3)28(21(19)29)16-9-7-6-8-10-16/h6-13H,5H2,1-4H3/q-1. The van der Waals surface area contributed by atoms with Gasteiger partial charge in [-0.1, -0.05) is 18.2 Å². The average molecular weight is 469 g/mol. The summed E-state index contributed by atoms with van der Waals surface area (Å²) in [4.78, 5) is 12.9. The summed E-state index contributed by atoms with van der Waals surface area (Å²) in [6.45, 7) is 4.01. The van der Waals surface area contributed by atoms with Crippen LogP contribution in [0.25, 0.3) is 21.8 Å². The Morgan fingerprint density at radius 2 is 1.85 bits per heavy atom. The number of tetrazole rings is 1. The van der Waals surface area contributed by atoms with E-state index in [1.807, 2.05) is 13.0 Å². The largest absolute Gasteiger partial charge is 0.567 e. The highest BCUT2D eigenvalue weighted by molar-refractivity contribution is 7.94. The lowest BCUT2D eigenvalue weighted by molar-refractivity contribution is 0.403. The number of nitrogens with zero attached hydrogens (tertiary/aromatic N) is 7. The van der Waals surface area contributed by atoms with Crippen molar-refractivity contribution in [1.82, 2.24) is 29.6 Å². The minimum absolute atomic E-state index is 0.0926. The van der Waals surface area contributed by atoms with Crippen molar-refractivity contribution in [1.29, 1.82) is 0 Å². The van der Waals surface area contributed by atoms with E-state index < -0.39 is 15.6 Å². The van der Waals surface area contributed by atoms with Crippen molar-refractivity contribution < 1.29 is 13.2 Å². The Kier molecular flexibility index (Phi) is 5.77. The fraction of sp³-hybridized carbons (Fsp3) is 0.238. The molecule has 0 aliphatic rings. The summed E-state index contributed by atoms with van der Waals surface area (Å²) < 4.78 is 40.4. The second-order valence-corrected chi connectivity index (χ2v) is 8.73. The summed E-state index contributed by atoms with van der Waals surface area (Å²) in [5, 5.41) is 11.5. The average Bonchev–Trinajstić information content (AvgIpc) is 3.38. The molecule has 4 aromatic rings. The van der Waals surface area contributed by atoms with Gasteiger partial charge in [0, 0.05) is 24.8 Å². The lowest BCUT2D eigenvalue weighted by Crippen LogP contribution is -2.19. The normalized spacial score (nSPS) is 11.5. The molecule has 11 nitrogen and oxygen atoms in total. The maximum Gasteiger partial charge on any atom is 0.257 e. The Balaban J connectivity index is 1.81. The fourth-order valence-electron chi connectivity index (χ4n) is 3.47. The first-order chi connectivity index (χ1) is 15.8. The van der Waals surface area contributed by atoms with Crippen LogP contribution in [0.5, 0.6) is 5.75 Å². The van der Waals surface area contributed by atoms with E-state index in [4.69, 9.17) is 4.74 Å². The monoisotopic (exact) mass is 468 g/mol. The van der Waals surface area contributed by atoms with Crippen LogP contribution < -0.4 is 10.3 Å². The Morgan fingerprint density at radius 3 is 2.52 bits per heavy atom. The van der Waals surface area contributed by atoms with Gasteiger partial charge in [-0.25, -0.2) is 17.8 Å². The molecule has 172 valence electrons. The third-order valence-corrected chi connectivity index (χ3v) is 6.56. The molecule has 0 aliphatic carbocycles. The minimum atomic E-state index is -4.32. The number of aryl methyl sites for hydroxylation is 1. The summed E-state index contributed by atoms with van der Waals surface area (Å²) in [6, 6.07) is 13.5. The molecule has 2 aromatic heterocycles. The first kappa shape index (κ1) is 22.3. The van der Waals surface area contributed by atoms with E-state index >= 15 is 0 Å². The molecule has 2 heterocycles. The second-order valence-electron chi connectivity index (χ2n) is 7.16. The zero-order valence-electron chi connectivity index (χ0n) is 18.5. The number of methoxy groups -OCH3 is 1. The summed E-state index contributed by atoms with van der Waals surface area (Å²) in [6.07, 6.45) is 0.